The zero-order valence-corrected chi connectivity index (χ0v) is 14.4. The van der Waals surface area contributed by atoms with Crippen LogP contribution in [0.3, 0.4) is 0 Å². The highest BCUT2D eigenvalue weighted by molar-refractivity contribution is 5.65. The number of hydrogen-bond acceptors (Lipinski definition) is 6. The number of hydrogen-bond donors (Lipinski definition) is 0. The zero-order chi connectivity index (χ0) is 18.1. The van der Waals surface area contributed by atoms with Crippen molar-refractivity contribution in [2.75, 3.05) is 43.1 Å². The summed E-state index contributed by atoms with van der Waals surface area (Å²) in [5.41, 5.74) is 1.63. The molecule has 2 aromatic heterocycles. The van der Waals surface area contributed by atoms with Crippen molar-refractivity contribution < 1.29 is 9.66 Å². The fourth-order valence-corrected chi connectivity index (χ4v) is 3.40. The Morgan fingerprint density at radius 1 is 1.04 bits per heavy atom. The Balaban J connectivity index is 1.60. The molecule has 0 N–H and O–H groups in total. The summed E-state index contributed by atoms with van der Waals surface area (Å²) in [4.78, 5) is 20.0. The number of ether oxygens (including phenoxy) is 1. The van der Waals surface area contributed by atoms with Crippen molar-refractivity contribution in [3.63, 3.8) is 0 Å². The number of nitrogens with zero attached hydrogens (tertiary/aromatic N) is 5. The Kier molecular flexibility index (Phi) is 4.08. The lowest BCUT2D eigenvalue weighted by Crippen LogP contribution is -2.47. The van der Waals surface area contributed by atoms with Crippen molar-refractivity contribution >= 4 is 23.0 Å². The Morgan fingerprint density at radius 3 is 2.46 bits per heavy atom. The number of benzene rings is 1. The van der Waals surface area contributed by atoms with Crippen molar-refractivity contribution in [1.82, 2.24) is 9.38 Å². The number of para-hydroxylation sites is 2. The van der Waals surface area contributed by atoms with Gasteiger partial charge in [0.25, 0.3) is 0 Å². The number of imidazole rings is 1. The molecule has 0 spiro atoms. The Hall–Kier alpha value is -3.29. The van der Waals surface area contributed by atoms with E-state index in [1.54, 1.807) is 25.4 Å². The molecule has 0 aliphatic carbocycles. The second-order valence-corrected chi connectivity index (χ2v) is 6.09. The molecule has 3 aromatic rings. The number of aromatic nitrogens is 2. The summed E-state index contributed by atoms with van der Waals surface area (Å²) in [6.45, 7) is 2.79. The maximum atomic E-state index is 11.6. The fourth-order valence-electron chi connectivity index (χ4n) is 3.40. The van der Waals surface area contributed by atoms with Crippen molar-refractivity contribution in [3.05, 3.63) is 58.8 Å². The van der Waals surface area contributed by atoms with E-state index in [1.165, 1.54) is 4.40 Å². The summed E-state index contributed by atoms with van der Waals surface area (Å²) in [7, 11) is 1.66. The molecule has 0 radical (unpaired) electrons. The molecule has 0 amide bonds. The molecule has 3 heterocycles. The minimum Gasteiger partial charge on any atom is -0.495 e. The average Bonchev–Trinajstić information content (AvgIpc) is 3.08. The van der Waals surface area contributed by atoms with Crippen LogP contribution in [0.4, 0.5) is 17.3 Å². The van der Waals surface area contributed by atoms with Crippen molar-refractivity contribution in [3.8, 4) is 5.75 Å². The van der Waals surface area contributed by atoms with Crippen LogP contribution in [-0.4, -0.2) is 47.6 Å². The van der Waals surface area contributed by atoms with E-state index in [1.807, 2.05) is 35.2 Å². The third-order valence-electron chi connectivity index (χ3n) is 4.67. The van der Waals surface area contributed by atoms with Crippen LogP contribution < -0.4 is 14.5 Å². The number of nitro groups is 1. The highest BCUT2D eigenvalue weighted by Crippen LogP contribution is 2.32. The van der Waals surface area contributed by atoms with E-state index in [9.17, 15) is 10.1 Å². The van der Waals surface area contributed by atoms with E-state index in [0.717, 1.165) is 24.5 Å². The monoisotopic (exact) mass is 353 g/mol. The Morgan fingerprint density at radius 2 is 1.73 bits per heavy atom. The van der Waals surface area contributed by atoms with E-state index < -0.39 is 0 Å². The normalized spacial score (nSPS) is 14.7. The van der Waals surface area contributed by atoms with E-state index in [0.29, 0.717) is 24.6 Å². The number of piperazine rings is 1. The van der Waals surface area contributed by atoms with Crippen molar-refractivity contribution in [2.24, 2.45) is 0 Å². The van der Waals surface area contributed by atoms with Gasteiger partial charge in [0.15, 0.2) is 0 Å². The highest BCUT2D eigenvalue weighted by atomic mass is 16.6. The predicted molar refractivity (Wildman–Crippen MR) is 99.3 cm³/mol. The molecular weight excluding hydrogens is 334 g/mol. The number of pyridine rings is 1. The first-order valence-corrected chi connectivity index (χ1v) is 8.43. The zero-order valence-electron chi connectivity index (χ0n) is 14.4. The number of rotatable bonds is 4. The molecule has 134 valence electrons. The molecule has 8 nitrogen and oxygen atoms in total. The van der Waals surface area contributed by atoms with Crippen LogP contribution in [0.5, 0.6) is 5.75 Å². The summed E-state index contributed by atoms with van der Waals surface area (Å²) < 4.78 is 6.97. The molecule has 1 aliphatic rings. The quantitative estimate of drug-likeness (QED) is 0.530. The number of methoxy groups -OCH3 is 1. The van der Waals surface area contributed by atoms with E-state index in [-0.39, 0.29) is 10.7 Å². The second kappa shape index (κ2) is 6.55. The molecular formula is C18H19N5O3. The van der Waals surface area contributed by atoms with Gasteiger partial charge in [0.1, 0.15) is 5.75 Å². The topological polar surface area (TPSA) is 76.2 Å². The van der Waals surface area contributed by atoms with Crippen LogP contribution >= 0.6 is 0 Å². The predicted octanol–water partition coefficient (Wildman–Crippen LogP) is 2.58. The van der Waals surface area contributed by atoms with Crippen LogP contribution in [0.1, 0.15) is 0 Å². The Labute approximate surface area is 150 Å². The van der Waals surface area contributed by atoms with Gasteiger partial charge in [0.05, 0.1) is 19.0 Å². The minimum atomic E-state index is -0.359. The minimum absolute atomic E-state index is 0.0198. The maximum absolute atomic E-state index is 11.6. The molecule has 0 saturated carbocycles. The molecule has 8 heteroatoms. The summed E-state index contributed by atoms with van der Waals surface area (Å²) in [5.74, 6) is 1.28. The van der Waals surface area contributed by atoms with Crippen LogP contribution in [-0.2, 0) is 0 Å². The third kappa shape index (κ3) is 2.69. The average molecular weight is 353 g/mol. The van der Waals surface area contributed by atoms with Crippen LogP contribution in [0.15, 0.2) is 48.7 Å². The van der Waals surface area contributed by atoms with Gasteiger partial charge in [-0.15, -0.1) is 0 Å². The second-order valence-electron chi connectivity index (χ2n) is 6.09. The first-order chi connectivity index (χ1) is 12.7. The van der Waals surface area contributed by atoms with Gasteiger partial charge >= 0.3 is 5.82 Å². The van der Waals surface area contributed by atoms with Gasteiger partial charge in [0, 0.05) is 32.2 Å². The highest BCUT2D eigenvalue weighted by Gasteiger charge is 2.29. The van der Waals surface area contributed by atoms with Crippen LogP contribution in [0.25, 0.3) is 5.65 Å². The smallest absolute Gasteiger partial charge is 0.372 e. The summed E-state index contributed by atoms with van der Waals surface area (Å²) in [6.07, 6.45) is 1.68. The summed E-state index contributed by atoms with van der Waals surface area (Å²) >= 11 is 0. The molecule has 4 rings (SSSR count). The molecule has 1 saturated heterocycles. The van der Waals surface area contributed by atoms with Gasteiger partial charge in [-0.25, -0.2) is 0 Å². The van der Waals surface area contributed by atoms with Gasteiger partial charge in [0.2, 0.25) is 11.5 Å². The van der Waals surface area contributed by atoms with Crippen molar-refractivity contribution in [2.45, 2.75) is 0 Å². The fraction of sp³-hybridized carbons (Fsp3) is 0.278. The molecule has 1 aromatic carbocycles. The van der Waals surface area contributed by atoms with Gasteiger partial charge in [-0.1, -0.05) is 18.2 Å². The first kappa shape index (κ1) is 16.2. The lowest BCUT2D eigenvalue weighted by atomic mass is 10.2. The molecule has 1 fully saturated rings. The molecule has 26 heavy (non-hydrogen) atoms. The van der Waals surface area contributed by atoms with Gasteiger partial charge < -0.3 is 24.7 Å². The van der Waals surface area contributed by atoms with E-state index in [2.05, 4.69) is 9.88 Å². The number of anilines is 2. The maximum Gasteiger partial charge on any atom is 0.372 e. The van der Waals surface area contributed by atoms with Crippen LogP contribution in [0, 0.1) is 10.1 Å². The lowest BCUT2D eigenvalue weighted by molar-refractivity contribution is -0.389. The van der Waals surface area contributed by atoms with Crippen LogP contribution in [0.2, 0.25) is 0 Å². The Bertz CT molecular complexity index is 947. The van der Waals surface area contributed by atoms with Gasteiger partial charge in [-0.05, 0) is 23.1 Å². The number of fused-ring (bicyclic) bond motifs is 1. The summed E-state index contributed by atoms with van der Waals surface area (Å²) in [6, 6.07) is 13.3. The molecule has 0 atom stereocenters. The largest absolute Gasteiger partial charge is 0.495 e. The SMILES string of the molecule is COc1ccccc1N1CCN(c2nc3ccccn3c2[N+](=O)[O-])CC1. The molecule has 0 bridgehead atoms. The standard InChI is InChI=1S/C18H19N5O3/c1-26-15-7-3-2-6-14(15)20-10-12-21(13-11-20)17-18(23(24)25)22-9-5-4-8-16(22)19-17/h2-9H,10-13H2,1H3. The molecule has 0 unspecified atom stereocenters. The van der Waals surface area contributed by atoms with Crippen molar-refractivity contribution in [1.29, 1.82) is 0 Å². The van der Waals surface area contributed by atoms with Gasteiger partial charge in [-0.2, -0.15) is 9.38 Å². The molecule has 1 aliphatic heterocycles. The van der Waals surface area contributed by atoms with E-state index >= 15 is 0 Å². The summed E-state index contributed by atoms with van der Waals surface area (Å²) in [5, 5.41) is 11.6. The first-order valence-electron chi connectivity index (χ1n) is 8.43. The third-order valence-corrected chi connectivity index (χ3v) is 4.67. The van der Waals surface area contributed by atoms with Gasteiger partial charge in [-0.3, -0.25) is 0 Å². The lowest BCUT2D eigenvalue weighted by Gasteiger charge is -2.36. The van der Waals surface area contributed by atoms with E-state index in [4.69, 9.17) is 4.74 Å².